The Morgan fingerprint density at radius 3 is 2.55 bits per heavy atom. The number of hydrogen-bond acceptors (Lipinski definition) is 3. The van der Waals surface area contributed by atoms with Crippen LogP contribution in [0, 0.1) is 5.92 Å². The Kier molecular flexibility index (Phi) is 6.52. The third kappa shape index (κ3) is 5.18. The number of hydrogen-bond donors (Lipinski definition) is 1. The van der Waals surface area contributed by atoms with Crippen LogP contribution in [0.3, 0.4) is 0 Å². The Bertz CT molecular complexity index is 485. The Morgan fingerprint density at radius 1 is 1.23 bits per heavy atom. The van der Waals surface area contributed by atoms with E-state index in [1.807, 2.05) is 18.2 Å². The molecule has 1 aliphatic heterocycles. The fraction of sp³-hybridized carbons (Fsp3) is 0.588. The first-order valence-corrected chi connectivity index (χ1v) is 8.42. The fourth-order valence-electron chi connectivity index (χ4n) is 2.61. The number of carbonyl (C=O) groups is 1. The third-order valence-electron chi connectivity index (χ3n) is 3.98. The molecule has 4 nitrogen and oxygen atoms in total. The molecule has 2 rings (SSSR count). The monoisotopic (exact) mass is 323 g/mol. The van der Waals surface area contributed by atoms with Crippen molar-refractivity contribution in [3.05, 3.63) is 29.3 Å². The first-order chi connectivity index (χ1) is 10.6. The van der Waals surface area contributed by atoms with Crippen molar-refractivity contribution in [2.45, 2.75) is 20.3 Å². The number of para-hydroxylation sites is 1. The van der Waals surface area contributed by atoms with Gasteiger partial charge in [-0.05, 0) is 24.5 Å². The number of carbonyl (C=O) groups excluding carboxylic acids is 1. The van der Waals surface area contributed by atoms with Gasteiger partial charge in [0.15, 0.2) is 0 Å². The highest BCUT2D eigenvalue weighted by Crippen LogP contribution is 2.25. The predicted molar refractivity (Wildman–Crippen MR) is 92.6 cm³/mol. The zero-order valence-corrected chi connectivity index (χ0v) is 14.3. The van der Waals surface area contributed by atoms with Crippen LogP contribution in [0.1, 0.15) is 20.3 Å². The van der Waals surface area contributed by atoms with Gasteiger partial charge in [0.05, 0.1) is 17.3 Å². The summed E-state index contributed by atoms with van der Waals surface area (Å²) in [6, 6.07) is 7.93. The molecule has 0 spiro atoms. The van der Waals surface area contributed by atoms with E-state index < -0.39 is 0 Å². The molecule has 0 radical (unpaired) electrons. The summed E-state index contributed by atoms with van der Waals surface area (Å²) in [6.07, 6.45) is 1.03. The van der Waals surface area contributed by atoms with Crippen LogP contribution >= 0.6 is 11.6 Å². The zero-order chi connectivity index (χ0) is 15.9. The largest absolute Gasteiger partial charge is 0.368 e. The van der Waals surface area contributed by atoms with Crippen LogP contribution in [0.4, 0.5) is 5.69 Å². The van der Waals surface area contributed by atoms with Gasteiger partial charge >= 0.3 is 0 Å². The van der Waals surface area contributed by atoms with Crippen molar-refractivity contribution in [2.24, 2.45) is 5.92 Å². The SMILES string of the molecule is CC(C)CCNC(=O)CN1CCN(c2ccccc2Cl)CC1. The quantitative estimate of drug-likeness (QED) is 0.874. The van der Waals surface area contributed by atoms with Crippen LogP contribution in [0.2, 0.25) is 5.02 Å². The molecule has 1 fully saturated rings. The number of piperazine rings is 1. The molecule has 1 aromatic carbocycles. The first kappa shape index (κ1) is 17.1. The van der Waals surface area contributed by atoms with Crippen molar-refractivity contribution in [2.75, 3.05) is 44.2 Å². The predicted octanol–water partition coefficient (Wildman–Crippen LogP) is 2.62. The number of anilines is 1. The Hall–Kier alpha value is -1.26. The maximum Gasteiger partial charge on any atom is 0.234 e. The lowest BCUT2D eigenvalue weighted by Gasteiger charge is -2.36. The maximum atomic E-state index is 11.9. The average Bonchev–Trinajstić information content (AvgIpc) is 2.48. The number of amides is 1. The number of nitrogens with one attached hydrogen (secondary N) is 1. The molecule has 5 heteroatoms. The van der Waals surface area contributed by atoms with Crippen molar-refractivity contribution in [1.82, 2.24) is 10.2 Å². The summed E-state index contributed by atoms with van der Waals surface area (Å²) in [6.45, 7) is 9.20. The van der Waals surface area contributed by atoms with Crippen LogP contribution in [0.25, 0.3) is 0 Å². The minimum Gasteiger partial charge on any atom is -0.368 e. The topological polar surface area (TPSA) is 35.6 Å². The van der Waals surface area contributed by atoms with Crippen molar-refractivity contribution in [1.29, 1.82) is 0 Å². The van der Waals surface area contributed by atoms with Gasteiger partial charge in [0, 0.05) is 32.7 Å². The molecule has 1 aliphatic rings. The summed E-state index contributed by atoms with van der Waals surface area (Å²) in [5.74, 6) is 0.756. The fourth-order valence-corrected chi connectivity index (χ4v) is 2.87. The smallest absolute Gasteiger partial charge is 0.234 e. The van der Waals surface area contributed by atoms with Crippen LogP contribution < -0.4 is 10.2 Å². The molecular weight excluding hydrogens is 298 g/mol. The van der Waals surface area contributed by atoms with E-state index >= 15 is 0 Å². The van der Waals surface area contributed by atoms with Crippen molar-refractivity contribution in [3.8, 4) is 0 Å². The van der Waals surface area contributed by atoms with Crippen LogP contribution in [-0.2, 0) is 4.79 Å². The van der Waals surface area contributed by atoms with Gasteiger partial charge in [0.2, 0.25) is 5.91 Å². The van der Waals surface area contributed by atoms with E-state index in [0.29, 0.717) is 12.5 Å². The zero-order valence-electron chi connectivity index (χ0n) is 13.5. The van der Waals surface area contributed by atoms with Crippen molar-refractivity contribution >= 4 is 23.2 Å². The summed E-state index contributed by atoms with van der Waals surface area (Å²) in [5, 5.41) is 3.79. The first-order valence-electron chi connectivity index (χ1n) is 8.05. The second-order valence-electron chi connectivity index (χ2n) is 6.25. The summed E-state index contributed by atoms with van der Waals surface area (Å²) in [4.78, 5) is 16.4. The number of halogens is 1. The number of nitrogens with zero attached hydrogens (tertiary/aromatic N) is 2. The van der Waals surface area contributed by atoms with Gasteiger partial charge in [-0.25, -0.2) is 0 Å². The molecule has 0 bridgehead atoms. The van der Waals surface area contributed by atoms with Gasteiger partial charge in [-0.2, -0.15) is 0 Å². The normalized spacial score (nSPS) is 16.1. The van der Waals surface area contributed by atoms with Gasteiger partial charge < -0.3 is 10.2 Å². The van der Waals surface area contributed by atoms with E-state index in [1.165, 1.54) is 0 Å². The maximum absolute atomic E-state index is 11.9. The molecule has 0 unspecified atom stereocenters. The van der Waals surface area contributed by atoms with Crippen molar-refractivity contribution < 1.29 is 4.79 Å². The molecule has 1 amide bonds. The lowest BCUT2D eigenvalue weighted by atomic mass is 10.1. The molecule has 0 aromatic heterocycles. The van der Waals surface area contributed by atoms with Crippen LogP contribution in [0.5, 0.6) is 0 Å². The molecule has 0 saturated carbocycles. The van der Waals surface area contributed by atoms with Gasteiger partial charge in [-0.1, -0.05) is 37.6 Å². The molecule has 0 aliphatic carbocycles. The van der Waals surface area contributed by atoms with Gasteiger partial charge in [-0.3, -0.25) is 9.69 Å². The molecule has 122 valence electrons. The van der Waals surface area contributed by atoms with Gasteiger partial charge in [-0.15, -0.1) is 0 Å². The minimum absolute atomic E-state index is 0.131. The highest BCUT2D eigenvalue weighted by atomic mass is 35.5. The summed E-state index contributed by atoms with van der Waals surface area (Å²) >= 11 is 6.24. The second-order valence-corrected chi connectivity index (χ2v) is 6.65. The number of rotatable bonds is 6. The second kappa shape index (κ2) is 8.39. The molecule has 22 heavy (non-hydrogen) atoms. The standard InChI is InChI=1S/C17H26ClN3O/c1-14(2)7-8-19-17(22)13-20-9-11-21(12-10-20)16-6-4-3-5-15(16)18/h3-6,14H,7-13H2,1-2H3,(H,19,22). The van der Waals surface area contributed by atoms with E-state index in [4.69, 9.17) is 11.6 Å². The molecule has 0 atom stereocenters. The Morgan fingerprint density at radius 2 is 1.91 bits per heavy atom. The lowest BCUT2D eigenvalue weighted by Crippen LogP contribution is -2.49. The van der Waals surface area contributed by atoms with E-state index in [9.17, 15) is 4.79 Å². The molecule has 1 saturated heterocycles. The van der Waals surface area contributed by atoms with Crippen LogP contribution in [-0.4, -0.2) is 50.1 Å². The van der Waals surface area contributed by atoms with Gasteiger partial charge in [0.1, 0.15) is 0 Å². The molecule has 1 heterocycles. The van der Waals surface area contributed by atoms with Gasteiger partial charge in [0.25, 0.3) is 0 Å². The summed E-state index contributed by atoms with van der Waals surface area (Å²) in [7, 11) is 0. The summed E-state index contributed by atoms with van der Waals surface area (Å²) in [5.41, 5.74) is 1.09. The Labute approximate surface area is 138 Å². The molecule has 1 aromatic rings. The number of benzene rings is 1. The van der Waals surface area contributed by atoms with E-state index in [0.717, 1.165) is 49.9 Å². The van der Waals surface area contributed by atoms with E-state index in [1.54, 1.807) is 0 Å². The molecular formula is C17H26ClN3O. The highest BCUT2D eigenvalue weighted by molar-refractivity contribution is 6.33. The molecule has 1 N–H and O–H groups in total. The van der Waals surface area contributed by atoms with Crippen molar-refractivity contribution in [3.63, 3.8) is 0 Å². The van der Waals surface area contributed by atoms with E-state index in [-0.39, 0.29) is 5.91 Å². The highest BCUT2D eigenvalue weighted by Gasteiger charge is 2.20. The lowest BCUT2D eigenvalue weighted by molar-refractivity contribution is -0.122. The average molecular weight is 324 g/mol. The van der Waals surface area contributed by atoms with Crippen LogP contribution in [0.15, 0.2) is 24.3 Å². The third-order valence-corrected chi connectivity index (χ3v) is 4.30. The van der Waals surface area contributed by atoms with E-state index in [2.05, 4.69) is 35.0 Å². The summed E-state index contributed by atoms with van der Waals surface area (Å²) < 4.78 is 0. The Balaban J connectivity index is 1.73. The minimum atomic E-state index is 0.131.